The second-order valence-electron chi connectivity index (χ2n) is 14.4. The maximum absolute atomic E-state index is 13.7. The van der Waals surface area contributed by atoms with Gasteiger partial charge in [-0.3, -0.25) is 9.59 Å². The Hall–Kier alpha value is -1.64. The third kappa shape index (κ3) is 3.36. The Labute approximate surface area is 218 Å². The lowest BCUT2D eigenvalue weighted by molar-refractivity contribution is -0.201. The smallest absolute Gasteiger partial charge is 0.312 e. The van der Waals surface area contributed by atoms with Crippen molar-refractivity contribution in [3.05, 3.63) is 35.9 Å². The first-order valence-corrected chi connectivity index (χ1v) is 14.9. The van der Waals surface area contributed by atoms with Gasteiger partial charge in [0, 0.05) is 11.8 Å². The normalized spacial score (nSPS) is 45.1. The Bertz CT molecular complexity index is 1030. The molecule has 6 rings (SSSR count). The second kappa shape index (κ2) is 8.43. The predicted molar refractivity (Wildman–Crippen MR) is 142 cm³/mol. The van der Waals surface area contributed by atoms with Crippen molar-refractivity contribution in [3.8, 4) is 0 Å². The van der Waals surface area contributed by atoms with E-state index in [0.29, 0.717) is 47.4 Å². The van der Waals surface area contributed by atoms with Gasteiger partial charge in [-0.25, -0.2) is 0 Å². The number of hydrogen-bond acceptors (Lipinski definition) is 3. The first-order chi connectivity index (χ1) is 17.1. The lowest BCUT2D eigenvalue weighted by Gasteiger charge is -2.68. The number of Topliss-reactive ketones (excluding diaryl/α,β-unsaturated/α-hetero) is 1. The molecule has 196 valence electrons. The molecule has 8 atom stereocenters. The number of ether oxygens (including phenoxy) is 1. The second-order valence-corrected chi connectivity index (χ2v) is 14.4. The van der Waals surface area contributed by atoms with Gasteiger partial charge >= 0.3 is 5.97 Å². The zero-order chi connectivity index (χ0) is 25.3. The summed E-state index contributed by atoms with van der Waals surface area (Å²) in [5, 5.41) is 0. The SMILES string of the molecule is CC1(C)C(=O)CC[C@@]2(C)C1CC[C@@]1(C)C3CC[C@@]4(C(=O)OCc5ccccc5)CCC[C@@H]4[C@H]3CCC12. The summed E-state index contributed by atoms with van der Waals surface area (Å²) in [5.74, 6) is 3.66. The van der Waals surface area contributed by atoms with E-state index in [1.54, 1.807) is 0 Å². The van der Waals surface area contributed by atoms with Crippen molar-refractivity contribution in [2.24, 2.45) is 51.2 Å². The van der Waals surface area contributed by atoms with Crippen LogP contribution >= 0.6 is 0 Å². The molecule has 0 spiro atoms. The maximum atomic E-state index is 13.7. The molecule has 0 saturated heterocycles. The summed E-state index contributed by atoms with van der Waals surface area (Å²) < 4.78 is 6.03. The minimum atomic E-state index is -0.250. The molecular formula is C33H46O3. The number of carbonyl (C=O) groups is 2. The van der Waals surface area contributed by atoms with Gasteiger partial charge in [-0.1, -0.05) is 64.4 Å². The highest BCUT2D eigenvalue weighted by molar-refractivity contribution is 5.85. The molecule has 36 heavy (non-hydrogen) atoms. The maximum Gasteiger partial charge on any atom is 0.312 e. The van der Waals surface area contributed by atoms with Crippen LogP contribution in [0.5, 0.6) is 0 Å². The highest BCUT2D eigenvalue weighted by Gasteiger charge is 2.67. The monoisotopic (exact) mass is 490 g/mol. The number of benzene rings is 1. The van der Waals surface area contributed by atoms with Crippen LogP contribution in [0.4, 0.5) is 0 Å². The van der Waals surface area contributed by atoms with E-state index < -0.39 is 0 Å². The highest BCUT2D eigenvalue weighted by Crippen LogP contribution is 2.72. The van der Waals surface area contributed by atoms with E-state index in [2.05, 4.69) is 27.7 Å². The molecule has 0 bridgehead atoms. The van der Waals surface area contributed by atoms with Gasteiger partial charge in [0.05, 0.1) is 5.41 Å². The number of ketones is 1. The van der Waals surface area contributed by atoms with Crippen molar-refractivity contribution < 1.29 is 14.3 Å². The van der Waals surface area contributed by atoms with Gasteiger partial charge < -0.3 is 4.74 Å². The summed E-state index contributed by atoms with van der Waals surface area (Å²) in [6, 6.07) is 10.1. The van der Waals surface area contributed by atoms with Crippen LogP contribution in [0, 0.1) is 51.2 Å². The van der Waals surface area contributed by atoms with Gasteiger partial charge in [0.2, 0.25) is 0 Å². The lowest BCUT2D eigenvalue weighted by atomic mass is 9.36. The van der Waals surface area contributed by atoms with Crippen LogP contribution in [0.2, 0.25) is 0 Å². The van der Waals surface area contributed by atoms with E-state index in [9.17, 15) is 9.59 Å². The fourth-order valence-electron chi connectivity index (χ4n) is 11.2. The topological polar surface area (TPSA) is 43.4 Å². The van der Waals surface area contributed by atoms with E-state index >= 15 is 0 Å². The van der Waals surface area contributed by atoms with Crippen LogP contribution < -0.4 is 0 Å². The molecule has 5 aliphatic rings. The summed E-state index contributed by atoms with van der Waals surface area (Å²) in [4.78, 5) is 26.6. The van der Waals surface area contributed by atoms with E-state index in [0.717, 1.165) is 31.2 Å². The Balaban J connectivity index is 1.24. The van der Waals surface area contributed by atoms with Gasteiger partial charge in [0.15, 0.2) is 0 Å². The molecular weight excluding hydrogens is 444 g/mol. The first-order valence-electron chi connectivity index (χ1n) is 14.9. The van der Waals surface area contributed by atoms with Crippen LogP contribution in [0.25, 0.3) is 0 Å². The zero-order valence-corrected chi connectivity index (χ0v) is 23.0. The third-order valence-electron chi connectivity index (χ3n) is 12.9. The zero-order valence-electron chi connectivity index (χ0n) is 23.0. The van der Waals surface area contributed by atoms with Gasteiger partial charge in [-0.2, -0.15) is 0 Å². The van der Waals surface area contributed by atoms with Crippen LogP contribution in [-0.2, 0) is 20.9 Å². The average molecular weight is 491 g/mol. The van der Waals surface area contributed by atoms with E-state index in [1.165, 1.54) is 44.9 Å². The first kappa shape index (κ1) is 24.7. The van der Waals surface area contributed by atoms with Crippen molar-refractivity contribution >= 4 is 11.8 Å². The minimum absolute atomic E-state index is 0.0859. The van der Waals surface area contributed by atoms with E-state index in [1.807, 2.05) is 30.3 Å². The van der Waals surface area contributed by atoms with Crippen molar-refractivity contribution in [2.75, 3.05) is 0 Å². The molecule has 0 N–H and O–H groups in total. The van der Waals surface area contributed by atoms with Crippen molar-refractivity contribution in [3.63, 3.8) is 0 Å². The van der Waals surface area contributed by atoms with Crippen molar-refractivity contribution in [1.82, 2.24) is 0 Å². The molecule has 3 unspecified atom stereocenters. The summed E-state index contributed by atoms with van der Waals surface area (Å²) in [6.45, 7) is 10.0. The van der Waals surface area contributed by atoms with Crippen LogP contribution in [0.15, 0.2) is 30.3 Å². The fraction of sp³-hybridized carbons (Fsp3) is 0.758. The Morgan fingerprint density at radius 1 is 0.833 bits per heavy atom. The third-order valence-corrected chi connectivity index (χ3v) is 12.9. The lowest BCUT2D eigenvalue weighted by Crippen LogP contribution is -2.62. The summed E-state index contributed by atoms with van der Waals surface area (Å²) >= 11 is 0. The quantitative estimate of drug-likeness (QED) is 0.407. The number of rotatable bonds is 3. The van der Waals surface area contributed by atoms with E-state index in [4.69, 9.17) is 4.74 Å². The molecule has 0 aromatic heterocycles. The Kier molecular flexibility index (Phi) is 5.78. The van der Waals surface area contributed by atoms with E-state index in [-0.39, 0.29) is 22.2 Å². The molecule has 5 saturated carbocycles. The van der Waals surface area contributed by atoms with Gasteiger partial charge in [0.25, 0.3) is 0 Å². The largest absolute Gasteiger partial charge is 0.460 e. The van der Waals surface area contributed by atoms with Crippen LogP contribution in [0.1, 0.15) is 104 Å². The molecule has 3 nitrogen and oxygen atoms in total. The Morgan fingerprint density at radius 3 is 2.39 bits per heavy atom. The predicted octanol–water partition coefficient (Wildman–Crippen LogP) is 7.76. The summed E-state index contributed by atoms with van der Waals surface area (Å²) in [5.41, 5.74) is 1.26. The fourth-order valence-corrected chi connectivity index (χ4v) is 11.2. The molecule has 1 aromatic rings. The molecule has 5 aliphatic carbocycles. The van der Waals surface area contributed by atoms with Gasteiger partial charge in [-0.15, -0.1) is 0 Å². The molecule has 5 fully saturated rings. The summed E-state index contributed by atoms with van der Waals surface area (Å²) in [6.07, 6.45) is 12.4. The van der Waals surface area contributed by atoms with Gasteiger partial charge in [0.1, 0.15) is 12.4 Å². The van der Waals surface area contributed by atoms with Crippen LogP contribution in [-0.4, -0.2) is 11.8 Å². The number of esters is 1. The number of carbonyl (C=O) groups excluding carboxylic acids is 2. The molecule has 0 radical (unpaired) electrons. The minimum Gasteiger partial charge on any atom is -0.460 e. The molecule has 0 aliphatic heterocycles. The Morgan fingerprint density at radius 2 is 1.61 bits per heavy atom. The highest BCUT2D eigenvalue weighted by atomic mass is 16.5. The molecule has 3 heteroatoms. The number of hydrogen-bond donors (Lipinski definition) is 0. The van der Waals surface area contributed by atoms with Crippen LogP contribution in [0.3, 0.4) is 0 Å². The van der Waals surface area contributed by atoms with Gasteiger partial charge in [-0.05, 0) is 104 Å². The molecule has 0 amide bonds. The number of fused-ring (bicyclic) bond motifs is 7. The van der Waals surface area contributed by atoms with Crippen molar-refractivity contribution in [2.45, 2.75) is 105 Å². The van der Waals surface area contributed by atoms with Crippen molar-refractivity contribution in [1.29, 1.82) is 0 Å². The standard InChI is InChI=1S/C33H46O3/c1-30(2)26-15-18-31(3)24-14-20-33(29(35)36-21-22-9-6-5-7-10-22)17-8-11-25(33)23(24)12-13-27(31)32(26,4)19-16-28(30)34/h5-7,9-10,23-27H,8,11-21H2,1-4H3/t23-,24?,25+,26?,27?,31-,32-,33-/m0/s1. The summed E-state index contributed by atoms with van der Waals surface area (Å²) in [7, 11) is 0. The molecule has 1 aromatic carbocycles. The average Bonchev–Trinajstić information content (AvgIpc) is 3.31. The molecule has 0 heterocycles.